The topological polar surface area (TPSA) is 86.5 Å². The zero-order valence-corrected chi connectivity index (χ0v) is 17.0. The van der Waals surface area contributed by atoms with E-state index in [1.54, 1.807) is 0 Å². The summed E-state index contributed by atoms with van der Waals surface area (Å²) in [5.74, 6) is -0.297. The van der Waals surface area contributed by atoms with Crippen LogP contribution in [-0.4, -0.2) is 35.2 Å². The lowest BCUT2D eigenvalue weighted by Gasteiger charge is -2.32. The first kappa shape index (κ1) is 24.6. The maximum Gasteiger partial charge on any atom is 0.522 e. The highest BCUT2D eigenvalue weighted by atomic mass is 19.4. The molecule has 13 heteroatoms. The van der Waals surface area contributed by atoms with Crippen molar-refractivity contribution in [1.82, 2.24) is 15.5 Å². The van der Waals surface area contributed by atoms with Crippen LogP contribution in [0.15, 0.2) is 41.0 Å². The number of aromatic nitrogens is 2. The van der Waals surface area contributed by atoms with Gasteiger partial charge in [0.1, 0.15) is 5.75 Å². The maximum absolute atomic E-state index is 12.5. The van der Waals surface area contributed by atoms with Crippen molar-refractivity contribution in [2.75, 3.05) is 6.61 Å². The third kappa shape index (κ3) is 7.48. The van der Waals surface area contributed by atoms with Gasteiger partial charge in [0, 0.05) is 18.0 Å². The fraction of sp³-hybridized carbons (Fsp3) is 0.450. The normalized spacial score (nSPS) is 18.5. The molecule has 0 aliphatic heterocycles. The van der Waals surface area contributed by atoms with Gasteiger partial charge in [-0.25, -0.2) is 0 Å². The molecular weight excluding hydrogens is 460 g/mol. The largest absolute Gasteiger partial charge is 0.522 e. The summed E-state index contributed by atoms with van der Waals surface area (Å²) in [6.07, 6.45) is -9.33. The van der Waals surface area contributed by atoms with E-state index in [4.69, 9.17) is 9.15 Å². The quantitative estimate of drug-likeness (QED) is 0.533. The molecule has 1 saturated carbocycles. The number of rotatable bonds is 9. The number of hydrogen-bond donors (Lipinski definition) is 1. The number of ether oxygens (including phenoxy) is 2. The van der Waals surface area contributed by atoms with Crippen LogP contribution >= 0.6 is 0 Å². The van der Waals surface area contributed by atoms with Gasteiger partial charge in [-0.2, -0.15) is 13.2 Å². The Balaban J connectivity index is 1.35. The predicted molar refractivity (Wildman–Crippen MR) is 99.7 cm³/mol. The fourth-order valence-electron chi connectivity index (χ4n) is 3.03. The van der Waals surface area contributed by atoms with Gasteiger partial charge < -0.3 is 14.5 Å². The molecule has 0 radical (unpaired) electrons. The van der Waals surface area contributed by atoms with Gasteiger partial charge in [0.15, 0.2) is 6.61 Å². The number of hydrogen-bond acceptors (Lipinski definition) is 6. The maximum atomic E-state index is 12.5. The molecule has 1 fully saturated rings. The van der Waals surface area contributed by atoms with Gasteiger partial charge in [-0.1, -0.05) is 6.58 Å². The minimum atomic E-state index is -4.68. The fourth-order valence-corrected chi connectivity index (χ4v) is 3.03. The van der Waals surface area contributed by atoms with E-state index >= 15 is 0 Å². The number of nitrogens with zero attached hydrogens (tertiary/aromatic N) is 2. The van der Waals surface area contributed by atoms with E-state index in [1.165, 1.54) is 0 Å². The second kappa shape index (κ2) is 9.81. The molecule has 0 unspecified atom stereocenters. The summed E-state index contributed by atoms with van der Waals surface area (Å²) in [5, 5.41) is 10.1. The third-order valence-electron chi connectivity index (χ3n) is 4.74. The first-order valence-corrected chi connectivity index (χ1v) is 9.73. The Kier molecular flexibility index (Phi) is 7.30. The van der Waals surface area contributed by atoms with Crippen molar-refractivity contribution in [3.8, 4) is 5.75 Å². The molecule has 33 heavy (non-hydrogen) atoms. The number of halogens is 6. The molecule has 1 aliphatic rings. The minimum absolute atomic E-state index is 0.0982. The zero-order valence-electron chi connectivity index (χ0n) is 17.0. The van der Waals surface area contributed by atoms with E-state index in [0.717, 1.165) is 24.3 Å². The van der Waals surface area contributed by atoms with Gasteiger partial charge in [0.25, 0.3) is 5.91 Å². The molecule has 1 amide bonds. The molecular formula is C20H19F6N3O4. The van der Waals surface area contributed by atoms with E-state index in [-0.39, 0.29) is 49.1 Å². The van der Waals surface area contributed by atoms with Crippen LogP contribution in [0.1, 0.15) is 42.5 Å². The first-order valence-electron chi connectivity index (χ1n) is 9.73. The number of aryl methyl sites for hydroxylation is 1. The van der Waals surface area contributed by atoms with Gasteiger partial charge in [-0.15, -0.1) is 23.4 Å². The van der Waals surface area contributed by atoms with Crippen LogP contribution in [0.25, 0.3) is 0 Å². The summed E-state index contributed by atoms with van der Waals surface area (Å²) in [5.41, 5.74) is -0.512. The monoisotopic (exact) mass is 479 g/mol. The van der Waals surface area contributed by atoms with Crippen molar-refractivity contribution >= 4 is 5.91 Å². The Morgan fingerprint density at radius 3 is 2.39 bits per heavy atom. The van der Waals surface area contributed by atoms with Gasteiger partial charge in [0.05, 0.1) is 11.7 Å². The minimum Gasteiger partial charge on any atom is -0.484 e. The summed E-state index contributed by atoms with van der Waals surface area (Å²) in [6, 6.07) is 3.91. The van der Waals surface area contributed by atoms with Gasteiger partial charge >= 0.3 is 12.5 Å². The molecule has 1 N–H and O–H groups in total. The molecule has 0 spiro atoms. The van der Waals surface area contributed by atoms with E-state index in [9.17, 15) is 31.1 Å². The van der Waals surface area contributed by atoms with Crippen LogP contribution in [0.3, 0.4) is 0 Å². The second-order valence-corrected chi connectivity index (χ2v) is 7.35. The number of benzene rings is 1. The van der Waals surface area contributed by atoms with Crippen LogP contribution in [0, 0.1) is 0 Å². The molecule has 1 aromatic heterocycles. The van der Waals surface area contributed by atoms with Crippen molar-refractivity contribution in [2.45, 2.75) is 50.2 Å². The summed E-state index contributed by atoms with van der Waals surface area (Å²) in [7, 11) is 0. The molecule has 7 nitrogen and oxygen atoms in total. The molecule has 3 rings (SSSR count). The summed E-state index contributed by atoms with van der Waals surface area (Å²) in [4.78, 5) is 11.9. The van der Waals surface area contributed by atoms with Crippen LogP contribution in [0.5, 0.6) is 5.75 Å². The van der Waals surface area contributed by atoms with Gasteiger partial charge in [-0.3, -0.25) is 9.53 Å². The highest BCUT2D eigenvalue weighted by Crippen LogP contribution is 2.40. The Hall–Kier alpha value is -3.09. The van der Waals surface area contributed by atoms with Crippen molar-refractivity contribution in [3.63, 3.8) is 0 Å². The predicted octanol–water partition coefficient (Wildman–Crippen LogP) is 4.51. The Morgan fingerprint density at radius 1 is 1.12 bits per heavy atom. The van der Waals surface area contributed by atoms with Crippen LogP contribution in [0.4, 0.5) is 26.3 Å². The van der Waals surface area contributed by atoms with Crippen molar-refractivity contribution in [3.05, 3.63) is 53.9 Å². The van der Waals surface area contributed by atoms with E-state index < -0.39 is 36.7 Å². The lowest BCUT2D eigenvalue weighted by Crippen LogP contribution is -2.34. The molecule has 1 aliphatic carbocycles. The van der Waals surface area contributed by atoms with Crippen LogP contribution < -0.4 is 10.1 Å². The molecule has 0 saturated heterocycles. The Morgan fingerprint density at radius 2 is 1.79 bits per heavy atom. The van der Waals surface area contributed by atoms with Gasteiger partial charge in [0.2, 0.25) is 11.8 Å². The summed E-state index contributed by atoms with van der Waals surface area (Å²) < 4.78 is 88.6. The highest BCUT2D eigenvalue weighted by molar-refractivity contribution is 5.79. The van der Waals surface area contributed by atoms with E-state index in [0.29, 0.717) is 5.70 Å². The zero-order chi connectivity index (χ0) is 24.2. The summed E-state index contributed by atoms with van der Waals surface area (Å²) in [6.45, 7) is 3.26. The lowest BCUT2D eigenvalue weighted by atomic mass is 9.82. The number of alkyl halides is 6. The molecule has 0 atom stereocenters. The van der Waals surface area contributed by atoms with Crippen molar-refractivity contribution in [1.29, 1.82) is 0 Å². The van der Waals surface area contributed by atoms with Crippen molar-refractivity contribution < 1.29 is 45.0 Å². The summed E-state index contributed by atoms with van der Waals surface area (Å²) >= 11 is 0. The third-order valence-corrected chi connectivity index (χ3v) is 4.74. The Labute approximate surface area is 183 Å². The average molecular weight is 479 g/mol. The smallest absolute Gasteiger partial charge is 0.484 e. The number of carbonyl (C=O) groups is 1. The van der Waals surface area contributed by atoms with E-state index in [2.05, 4.69) is 26.8 Å². The molecule has 2 aromatic rings. The van der Waals surface area contributed by atoms with Crippen LogP contribution in [0.2, 0.25) is 0 Å². The average Bonchev–Trinajstić information content (AvgIpc) is 3.14. The number of allylic oxidation sites excluding steroid dienone is 1. The molecule has 1 heterocycles. The standard InChI is InChI=1S/C20H19F6N3O4/c1-11(27-16(30)10-31-14-5-3-13(4-6-14)19(21,22)23)2-7-17-28-29-18(32-17)12-8-15(9-12)33-20(24,25)26/h3-6,12,15H,1-2,7-10H2,(H,27,30). The molecule has 0 bridgehead atoms. The Bertz CT molecular complexity index is 965. The molecule has 180 valence electrons. The SMILES string of the molecule is C=C(CCc1nnc(C2CC(OC(F)(F)F)C2)o1)NC(=O)COc1ccc(C(F)(F)F)cc1. The number of carbonyl (C=O) groups excluding carboxylic acids is 1. The molecule has 1 aromatic carbocycles. The lowest BCUT2D eigenvalue weighted by molar-refractivity contribution is -0.352. The second-order valence-electron chi connectivity index (χ2n) is 7.35. The van der Waals surface area contributed by atoms with Gasteiger partial charge in [-0.05, 0) is 43.5 Å². The highest BCUT2D eigenvalue weighted by Gasteiger charge is 2.42. The number of amides is 1. The van der Waals surface area contributed by atoms with Crippen molar-refractivity contribution in [2.24, 2.45) is 0 Å². The van der Waals surface area contributed by atoms with E-state index in [1.807, 2.05) is 0 Å². The first-order chi connectivity index (χ1) is 15.4. The van der Waals surface area contributed by atoms with Crippen LogP contribution in [-0.2, 0) is 22.1 Å². The number of nitrogens with one attached hydrogen (secondary N) is 1.